The first kappa shape index (κ1) is 13.2. The summed E-state index contributed by atoms with van der Waals surface area (Å²) in [7, 11) is 0. The van der Waals surface area contributed by atoms with E-state index in [4.69, 9.17) is 4.84 Å². The predicted octanol–water partition coefficient (Wildman–Crippen LogP) is 0.837. The second kappa shape index (κ2) is 5.68. The quantitative estimate of drug-likeness (QED) is 0.830. The highest BCUT2D eigenvalue weighted by atomic mass is 16.7. The van der Waals surface area contributed by atoms with Crippen molar-refractivity contribution >= 4 is 11.7 Å². The number of carbonyl (C=O) groups excluding carboxylic acids is 1. The molecule has 0 saturated carbocycles. The number of aryl methyl sites for hydroxylation is 1. The summed E-state index contributed by atoms with van der Waals surface area (Å²) in [5, 5.41) is 7.21. The fourth-order valence-corrected chi connectivity index (χ4v) is 2.52. The Bertz CT molecular complexity index is 520. The van der Waals surface area contributed by atoms with Crippen LogP contribution in [0.3, 0.4) is 0 Å². The maximum Gasteiger partial charge on any atom is 0.412 e. The monoisotopic (exact) mass is 275 g/mol. The van der Waals surface area contributed by atoms with Gasteiger partial charge in [-0.25, -0.2) is 4.79 Å². The van der Waals surface area contributed by atoms with Crippen LogP contribution in [0.4, 0.5) is 5.69 Å². The minimum absolute atomic E-state index is 0.274. The molecule has 1 fully saturated rings. The van der Waals surface area contributed by atoms with E-state index in [1.54, 1.807) is 4.70 Å². The lowest BCUT2D eigenvalue weighted by Crippen LogP contribution is -2.48. The number of benzene rings is 1. The van der Waals surface area contributed by atoms with Crippen molar-refractivity contribution in [1.29, 1.82) is 0 Å². The molecular weight excluding hydrogens is 256 g/mol. The number of piperazine rings is 1. The maximum atomic E-state index is 11.9. The van der Waals surface area contributed by atoms with Crippen LogP contribution in [-0.4, -0.2) is 54.3 Å². The van der Waals surface area contributed by atoms with Gasteiger partial charge in [0.15, 0.2) is 0 Å². The van der Waals surface area contributed by atoms with Crippen LogP contribution in [0, 0.1) is 6.92 Å². The van der Waals surface area contributed by atoms with Crippen LogP contribution >= 0.6 is 0 Å². The fraction of sp³-hybridized carbons (Fsp3) is 0.500. The smallest absolute Gasteiger partial charge is 0.314 e. The molecular formula is C14H19N4O2+. The van der Waals surface area contributed by atoms with E-state index in [-0.39, 0.29) is 12.0 Å². The molecule has 20 heavy (non-hydrogen) atoms. The largest absolute Gasteiger partial charge is 0.412 e. The zero-order valence-corrected chi connectivity index (χ0v) is 11.6. The Hall–Kier alpha value is -1.79. The second-order valence-electron chi connectivity index (χ2n) is 5.24. The molecule has 6 nitrogen and oxygen atoms in total. The van der Waals surface area contributed by atoms with E-state index in [9.17, 15) is 4.79 Å². The first-order chi connectivity index (χ1) is 9.74. The highest BCUT2D eigenvalue weighted by molar-refractivity contribution is 5.75. The van der Waals surface area contributed by atoms with Crippen molar-refractivity contribution in [3.8, 4) is 0 Å². The van der Waals surface area contributed by atoms with Gasteiger partial charge in [-0.05, 0) is 11.6 Å². The van der Waals surface area contributed by atoms with Crippen molar-refractivity contribution < 1.29 is 14.3 Å². The summed E-state index contributed by atoms with van der Waals surface area (Å²) in [5.74, 6) is -0.274. The van der Waals surface area contributed by atoms with E-state index in [0.29, 0.717) is 6.54 Å². The van der Waals surface area contributed by atoms with E-state index in [1.807, 2.05) is 31.2 Å². The van der Waals surface area contributed by atoms with Crippen LogP contribution in [-0.2, 0) is 9.63 Å². The van der Waals surface area contributed by atoms with Crippen LogP contribution in [0.15, 0.2) is 29.5 Å². The van der Waals surface area contributed by atoms with Crippen molar-refractivity contribution in [2.24, 2.45) is 5.28 Å². The molecule has 1 aromatic rings. The molecule has 1 atom stereocenters. The molecule has 1 saturated heterocycles. The highest BCUT2D eigenvalue weighted by Crippen LogP contribution is 2.21. The van der Waals surface area contributed by atoms with Gasteiger partial charge in [-0.2, -0.15) is 0 Å². The summed E-state index contributed by atoms with van der Waals surface area (Å²) in [5.41, 5.74) is 2.07. The fourth-order valence-electron chi connectivity index (χ4n) is 2.52. The molecule has 1 N–H and O–H groups in total. The molecule has 106 valence electrons. The van der Waals surface area contributed by atoms with Crippen molar-refractivity contribution in [3.05, 3.63) is 29.8 Å². The van der Waals surface area contributed by atoms with Crippen molar-refractivity contribution in [1.82, 2.24) is 10.2 Å². The van der Waals surface area contributed by atoms with E-state index in [1.165, 1.54) is 5.56 Å². The lowest BCUT2D eigenvalue weighted by Gasteiger charge is -2.26. The van der Waals surface area contributed by atoms with Crippen molar-refractivity contribution in [2.75, 3.05) is 32.7 Å². The summed E-state index contributed by atoms with van der Waals surface area (Å²) >= 11 is 0. The molecule has 3 rings (SSSR count). The summed E-state index contributed by atoms with van der Waals surface area (Å²) in [6.07, 6.45) is 0. The number of hydrogen-bond donors (Lipinski definition) is 1. The minimum Gasteiger partial charge on any atom is -0.314 e. The van der Waals surface area contributed by atoms with Crippen molar-refractivity contribution in [3.63, 3.8) is 0 Å². The summed E-state index contributed by atoms with van der Waals surface area (Å²) in [4.78, 5) is 19.0. The van der Waals surface area contributed by atoms with Gasteiger partial charge < -0.3 is 5.32 Å². The number of hydrogen-bond acceptors (Lipinski definition) is 5. The molecule has 0 bridgehead atoms. The summed E-state index contributed by atoms with van der Waals surface area (Å²) < 4.78 is 1.68. The molecule has 1 aromatic carbocycles. The van der Waals surface area contributed by atoms with Gasteiger partial charge in [0.1, 0.15) is 0 Å². The first-order valence-electron chi connectivity index (χ1n) is 6.95. The Labute approximate surface area is 118 Å². The SMILES string of the molecule is Cc1ccc([N+]2=NOC(=O)C2CN2CCNCC2)cc1. The van der Waals surface area contributed by atoms with Gasteiger partial charge in [0, 0.05) is 38.3 Å². The second-order valence-corrected chi connectivity index (χ2v) is 5.24. The van der Waals surface area contributed by atoms with Gasteiger partial charge >= 0.3 is 5.97 Å². The lowest BCUT2D eigenvalue weighted by atomic mass is 10.2. The molecule has 0 radical (unpaired) electrons. The van der Waals surface area contributed by atoms with Crippen LogP contribution in [0.5, 0.6) is 0 Å². The Balaban J connectivity index is 1.75. The normalized spacial score (nSPS) is 23.6. The average Bonchev–Trinajstić information content (AvgIpc) is 2.83. The highest BCUT2D eigenvalue weighted by Gasteiger charge is 2.43. The first-order valence-corrected chi connectivity index (χ1v) is 6.95. The summed E-state index contributed by atoms with van der Waals surface area (Å²) in [6, 6.07) is 7.60. The third-order valence-corrected chi connectivity index (χ3v) is 3.73. The third-order valence-electron chi connectivity index (χ3n) is 3.73. The number of carbonyl (C=O) groups is 1. The minimum atomic E-state index is -0.351. The van der Waals surface area contributed by atoms with Gasteiger partial charge in [0.2, 0.25) is 11.0 Å². The van der Waals surface area contributed by atoms with Crippen LogP contribution in [0.25, 0.3) is 0 Å². The molecule has 2 aliphatic heterocycles. The zero-order chi connectivity index (χ0) is 13.9. The molecule has 0 amide bonds. The molecule has 0 aliphatic carbocycles. The Morgan fingerprint density at radius 1 is 1.35 bits per heavy atom. The Kier molecular flexibility index (Phi) is 3.75. The molecule has 0 aromatic heterocycles. The zero-order valence-electron chi connectivity index (χ0n) is 11.6. The Morgan fingerprint density at radius 3 is 2.75 bits per heavy atom. The van der Waals surface area contributed by atoms with Crippen LogP contribution in [0.2, 0.25) is 0 Å². The van der Waals surface area contributed by atoms with Gasteiger partial charge in [-0.3, -0.25) is 9.74 Å². The predicted molar refractivity (Wildman–Crippen MR) is 72.7 cm³/mol. The van der Waals surface area contributed by atoms with Crippen LogP contribution in [0.1, 0.15) is 5.56 Å². The molecule has 2 heterocycles. The topological polar surface area (TPSA) is 56.9 Å². The molecule has 6 heteroatoms. The Morgan fingerprint density at radius 2 is 2.05 bits per heavy atom. The number of nitrogens with zero attached hydrogens (tertiary/aromatic N) is 3. The van der Waals surface area contributed by atoms with E-state index in [2.05, 4.69) is 15.5 Å². The van der Waals surface area contributed by atoms with Gasteiger partial charge in [0.25, 0.3) is 6.04 Å². The third kappa shape index (κ3) is 2.71. The van der Waals surface area contributed by atoms with E-state index >= 15 is 0 Å². The molecule has 1 unspecified atom stereocenters. The van der Waals surface area contributed by atoms with Gasteiger partial charge in [0.05, 0.1) is 6.54 Å². The van der Waals surface area contributed by atoms with Crippen LogP contribution < -0.4 is 5.32 Å². The molecule has 0 spiro atoms. The van der Waals surface area contributed by atoms with Crippen molar-refractivity contribution in [2.45, 2.75) is 13.0 Å². The van der Waals surface area contributed by atoms with E-state index in [0.717, 1.165) is 31.9 Å². The lowest BCUT2D eigenvalue weighted by molar-refractivity contribution is -0.539. The van der Waals surface area contributed by atoms with Gasteiger partial charge in [-0.1, -0.05) is 17.7 Å². The summed E-state index contributed by atoms with van der Waals surface area (Å²) in [6.45, 7) is 6.51. The van der Waals surface area contributed by atoms with Gasteiger partial charge in [-0.15, -0.1) is 0 Å². The number of rotatable bonds is 3. The number of nitrogens with one attached hydrogen (secondary N) is 1. The maximum absolute atomic E-state index is 11.9. The average molecular weight is 275 g/mol. The van der Waals surface area contributed by atoms with E-state index < -0.39 is 0 Å². The molecule has 2 aliphatic rings. The standard InChI is InChI=1S/C14H19N4O2/c1-11-2-4-12(5-3-11)18-13(14(19)20-16-18)10-17-8-6-15-7-9-17/h2-5,13,15H,6-10H2,1H3/q+1.